The largest absolute Gasteiger partial charge is 0.508 e. The van der Waals surface area contributed by atoms with Crippen LogP contribution in [-0.2, 0) is 5.41 Å². The molecule has 0 aliphatic carbocycles. The molecule has 0 fully saturated rings. The van der Waals surface area contributed by atoms with Crippen LogP contribution in [0.1, 0.15) is 45.0 Å². The molecule has 0 saturated carbocycles. The van der Waals surface area contributed by atoms with Crippen molar-refractivity contribution in [1.29, 1.82) is 0 Å². The third-order valence-electron chi connectivity index (χ3n) is 7.24. The molecule has 0 saturated heterocycles. The predicted molar refractivity (Wildman–Crippen MR) is 164 cm³/mol. The molecule has 4 aromatic carbocycles. The zero-order chi connectivity index (χ0) is 30.7. The van der Waals surface area contributed by atoms with Crippen molar-refractivity contribution in [3.05, 3.63) is 136 Å². The Hall–Kier alpha value is -6.24. The molecule has 0 radical (unpaired) electrons. The maximum Gasteiger partial charge on any atom is 0.173 e. The van der Waals surface area contributed by atoms with E-state index in [1.807, 2.05) is 66.7 Å². The second-order valence-electron chi connectivity index (χ2n) is 10.0. The normalized spacial score (nSPS) is 13.0. The lowest BCUT2D eigenvalue weighted by Gasteiger charge is -2.37. The molecule has 13 nitrogen and oxygen atoms in total. The quantitative estimate of drug-likeness (QED) is 0.137. The molecular weight excluding hydrogens is 558 g/mol. The van der Waals surface area contributed by atoms with Gasteiger partial charge in [0.1, 0.15) is 11.5 Å². The van der Waals surface area contributed by atoms with Crippen molar-refractivity contribution < 1.29 is 10.2 Å². The maximum atomic E-state index is 11.7. The van der Waals surface area contributed by atoms with Crippen LogP contribution in [0.15, 0.2) is 101 Å². The monoisotopic (exact) mass is 585 g/mol. The minimum Gasteiger partial charge on any atom is -0.508 e. The smallest absolute Gasteiger partial charge is 0.173 e. The fraction of sp³-hybridized carbons (Fsp3) is 0.0968. The van der Waals surface area contributed by atoms with E-state index in [4.69, 9.17) is 5.73 Å². The molecule has 0 amide bonds. The highest BCUT2D eigenvalue weighted by atomic mass is 16.3. The molecule has 0 unspecified atom stereocenters. The van der Waals surface area contributed by atoms with E-state index in [1.54, 1.807) is 50.5 Å². The second-order valence-corrected chi connectivity index (χ2v) is 10.0. The van der Waals surface area contributed by atoms with Crippen molar-refractivity contribution in [3.63, 3.8) is 0 Å². The number of aryl methyl sites for hydroxylation is 2. The Morgan fingerprint density at radius 2 is 1.14 bits per heavy atom. The van der Waals surface area contributed by atoms with E-state index in [9.17, 15) is 10.2 Å². The first kappa shape index (κ1) is 27.9. The number of phenolic OH excluding ortho intramolecular Hbond substituents is 2. The van der Waals surface area contributed by atoms with Gasteiger partial charge in [0.2, 0.25) is 0 Å². The Kier molecular flexibility index (Phi) is 7.33. The Bertz CT molecular complexity index is 1880. The predicted octanol–water partition coefficient (Wildman–Crippen LogP) is 3.42. The Balaban J connectivity index is 1.55. The Labute approximate surface area is 251 Å². The van der Waals surface area contributed by atoms with Gasteiger partial charge in [-0.05, 0) is 81.2 Å². The summed E-state index contributed by atoms with van der Waals surface area (Å²) < 4.78 is 0. The molecule has 0 aliphatic heterocycles. The minimum atomic E-state index is -1.16. The van der Waals surface area contributed by atoms with Crippen molar-refractivity contribution in [3.8, 4) is 11.5 Å². The highest BCUT2D eigenvalue weighted by Gasteiger charge is 2.42. The van der Waals surface area contributed by atoms with Gasteiger partial charge in [0.25, 0.3) is 0 Å². The van der Waals surface area contributed by atoms with E-state index in [1.165, 1.54) is 9.58 Å². The molecule has 0 aliphatic rings. The van der Waals surface area contributed by atoms with Crippen LogP contribution in [0.2, 0.25) is 0 Å². The van der Waals surface area contributed by atoms with Gasteiger partial charge < -0.3 is 15.9 Å². The molecule has 2 heterocycles. The van der Waals surface area contributed by atoms with Gasteiger partial charge in [-0.3, -0.25) is 0 Å². The number of tetrazole rings is 2. The van der Waals surface area contributed by atoms with Crippen LogP contribution < -0.4 is 5.73 Å². The summed E-state index contributed by atoms with van der Waals surface area (Å²) in [4.78, 5) is 2.58. The van der Waals surface area contributed by atoms with Gasteiger partial charge in [-0.2, -0.15) is 10.2 Å². The Morgan fingerprint density at radius 3 is 1.57 bits per heavy atom. The van der Waals surface area contributed by atoms with Gasteiger partial charge in [-0.15, -0.1) is 19.8 Å². The number of nitrogens with two attached hydrogens (primary N) is 1. The SMILES string of the molecule is Cc1nnnn1N=Cc1ccc(C(c2ccccc2)(c2ccc(N)cc2)c2ccc(C=Nn3nnnc3C)cc2O)c(O)c1. The summed E-state index contributed by atoms with van der Waals surface area (Å²) in [7, 11) is 0. The zero-order valence-corrected chi connectivity index (χ0v) is 23.8. The summed E-state index contributed by atoms with van der Waals surface area (Å²) in [6, 6.07) is 27.6. The number of benzene rings is 4. The molecule has 4 N–H and O–H groups in total. The van der Waals surface area contributed by atoms with Crippen molar-refractivity contribution in [1.82, 2.24) is 40.6 Å². The molecule has 44 heavy (non-hydrogen) atoms. The number of nitrogen functional groups attached to an aromatic ring is 1. The number of aromatic nitrogens is 8. The molecule has 6 rings (SSSR count). The van der Waals surface area contributed by atoms with Crippen molar-refractivity contribution in [2.75, 3.05) is 5.73 Å². The highest BCUT2D eigenvalue weighted by molar-refractivity contribution is 5.82. The number of nitrogens with zero attached hydrogens (tertiary/aromatic N) is 10. The Morgan fingerprint density at radius 1 is 0.659 bits per heavy atom. The molecule has 6 aromatic rings. The van der Waals surface area contributed by atoms with Gasteiger partial charge >= 0.3 is 0 Å². The van der Waals surface area contributed by atoms with E-state index in [-0.39, 0.29) is 11.5 Å². The van der Waals surface area contributed by atoms with Gasteiger partial charge in [0.05, 0.1) is 17.8 Å². The molecule has 13 heteroatoms. The van der Waals surface area contributed by atoms with Gasteiger partial charge in [0, 0.05) is 16.8 Å². The van der Waals surface area contributed by atoms with Crippen LogP contribution in [0.4, 0.5) is 5.69 Å². The van der Waals surface area contributed by atoms with Crippen LogP contribution in [0.3, 0.4) is 0 Å². The van der Waals surface area contributed by atoms with Crippen LogP contribution in [-0.4, -0.2) is 63.3 Å². The summed E-state index contributed by atoms with van der Waals surface area (Å²) in [5.41, 5.74) is 9.41. The van der Waals surface area contributed by atoms with E-state index in [0.29, 0.717) is 39.6 Å². The van der Waals surface area contributed by atoms with E-state index >= 15 is 0 Å². The lowest BCUT2D eigenvalue weighted by Crippen LogP contribution is -2.31. The van der Waals surface area contributed by atoms with E-state index in [2.05, 4.69) is 41.3 Å². The standard InChI is InChI=1S/C31H27N11O2/c1-20-35-37-39-41(20)33-18-22-8-14-27(29(43)16-22)31(24-6-4-3-5-7-24,25-10-12-26(32)13-11-25)28-15-9-23(17-30(28)44)19-34-42-21(2)36-38-40-42/h3-19,43-44H,32H2,1-2H3. The number of hydrogen-bond donors (Lipinski definition) is 3. The number of rotatable bonds is 8. The zero-order valence-electron chi connectivity index (χ0n) is 23.8. The number of phenols is 2. The molecule has 218 valence electrons. The summed E-state index contributed by atoms with van der Waals surface area (Å²) in [5, 5.41) is 54.4. The highest BCUT2D eigenvalue weighted by Crippen LogP contribution is 2.50. The van der Waals surface area contributed by atoms with E-state index in [0.717, 1.165) is 11.1 Å². The minimum absolute atomic E-state index is 0.0118. The fourth-order valence-electron chi connectivity index (χ4n) is 5.16. The molecule has 0 bridgehead atoms. The summed E-state index contributed by atoms with van der Waals surface area (Å²) in [6.45, 7) is 3.46. The van der Waals surface area contributed by atoms with Crippen molar-refractivity contribution in [2.45, 2.75) is 19.3 Å². The van der Waals surface area contributed by atoms with Gasteiger partial charge in [-0.25, -0.2) is 0 Å². The van der Waals surface area contributed by atoms with E-state index < -0.39 is 5.41 Å². The number of aromatic hydroxyl groups is 2. The maximum absolute atomic E-state index is 11.7. The summed E-state index contributed by atoms with van der Waals surface area (Å²) in [5.74, 6) is 1.01. The van der Waals surface area contributed by atoms with Crippen LogP contribution in [0, 0.1) is 13.8 Å². The third-order valence-corrected chi connectivity index (χ3v) is 7.24. The number of anilines is 1. The third kappa shape index (κ3) is 5.13. The molecule has 0 atom stereocenters. The summed E-state index contributed by atoms with van der Waals surface area (Å²) >= 11 is 0. The first-order valence-electron chi connectivity index (χ1n) is 13.5. The second kappa shape index (κ2) is 11.6. The lowest BCUT2D eigenvalue weighted by atomic mass is 9.64. The average molecular weight is 586 g/mol. The van der Waals surface area contributed by atoms with Gasteiger partial charge in [-0.1, -0.05) is 66.7 Å². The van der Waals surface area contributed by atoms with Crippen molar-refractivity contribution >= 4 is 18.1 Å². The van der Waals surface area contributed by atoms with Crippen LogP contribution >= 0.6 is 0 Å². The van der Waals surface area contributed by atoms with Crippen molar-refractivity contribution in [2.24, 2.45) is 10.2 Å². The fourth-order valence-corrected chi connectivity index (χ4v) is 5.16. The molecular formula is C31H27N11O2. The van der Waals surface area contributed by atoms with Crippen LogP contribution in [0.5, 0.6) is 11.5 Å². The topological polar surface area (TPSA) is 178 Å². The van der Waals surface area contributed by atoms with Gasteiger partial charge in [0.15, 0.2) is 11.6 Å². The molecule has 2 aromatic heterocycles. The molecule has 0 spiro atoms. The first-order chi connectivity index (χ1) is 21.4. The average Bonchev–Trinajstić information content (AvgIpc) is 3.64. The summed E-state index contributed by atoms with van der Waals surface area (Å²) in [6.07, 6.45) is 3.11. The lowest BCUT2D eigenvalue weighted by molar-refractivity contribution is 0.447. The van der Waals surface area contributed by atoms with Crippen LogP contribution in [0.25, 0.3) is 0 Å². The number of hydrogen-bond acceptors (Lipinski definition) is 11. The first-order valence-corrected chi connectivity index (χ1v) is 13.5.